The zero-order valence-electron chi connectivity index (χ0n) is 16.2. The third-order valence-electron chi connectivity index (χ3n) is 3.19. The second-order valence-corrected chi connectivity index (χ2v) is 5.43. The van der Waals surface area contributed by atoms with Crippen LogP contribution in [0.3, 0.4) is 0 Å². The van der Waals surface area contributed by atoms with Gasteiger partial charge in [0.25, 0.3) is 0 Å². The summed E-state index contributed by atoms with van der Waals surface area (Å²) in [6.07, 6.45) is -0.850. The first-order valence-corrected chi connectivity index (χ1v) is 9.23. The first-order chi connectivity index (χ1) is 13.1. The predicted molar refractivity (Wildman–Crippen MR) is 97.5 cm³/mol. The fourth-order valence-corrected chi connectivity index (χ4v) is 1.84. The van der Waals surface area contributed by atoms with Crippen LogP contribution in [0.15, 0.2) is 0 Å². The highest BCUT2D eigenvalue weighted by Gasteiger charge is 2.29. The summed E-state index contributed by atoms with van der Waals surface area (Å²) in [4.78, 5) is 0. The monoisotopic (exact) mass is 402 g/mol. The number of aliphatic hydroxyl groups excluding tert-OH is 6. The molecule has 0 fully saturated rings. The SMILES string of the molecule is CCCCOC(C(O)CO)C(CO)OCCOCCO.OCCOCCO. The average molecular weight is 402 g/mol. The smallest absolute Gasteiger partial charge is 0.114 e. The van der Waals surface area contributed by atoms with E-state index >= 15 is 0 Å². The van der Waals surface area contributed by atoms with Crippen molar-refractivity contribution in [3.05, 3.63) is 0 Å². The van der Waals surface area contributed by atoms with Crippen LogP contribution in [0.2, 0.25) is 0 Å². The Balaban J connectivity index is 0. The molecule has 0 rings (SSSR count). The summed E-state index contributed by atoms with van der Waals surface area (Å²) in [5.41, 5.74) is 0. The van der Waals surface area contributed by atoms with Gasteiger partial charge < -0.3 is 49.6 Å². The molecule has 0 aromatic heterocycles. The van der Waals surface area contributed by atoms with Gasteiger partial charge >= 0.3 is 0 Å². The molecule has 0 aliphatic carbocycles. The summed E-state index contributed by atoms with van der Waals surface area (Å²) in [6.45, 7) is 2.99. The fourth-order valence-electron chi connectivity index (χ4n) is 1.84. The standard InChI is InChI=1S/C13H28O7.C4H10O3/c1-2-3-5-20-13(11(17)9-15)12(10-16)19-8-7-18-6-4-14;5-1-3-7-4-2-6/h11-17H,2-10H2,1H3;5-6H,1-4H2. The number of ether oxygens (including phenoxy) is 4. The van der Waals surface area contributed by atoms with Crippen molar-refractivity contribution in [2.24, 2.45) is 0 Å². The van der Waals surface area contributed by atoms with E-state index in [9.17, 15) is 10.2 Å². The maximum Gasteiger partial charge on any atom is 0.114 e. The van der Waals surface area contributed by atoms with Crippen molar-refractivity contribution in [1.29, 1.82) is 0 Å². The molecule has 6 N–H and O–H groups in total. The maximum absolute atomic E-state index is 9.73. The van der Waals surface area contributed by atoms with Crippen LogP contribution in [0.4, 0.5) is 0 Å². The first-order valence-electron chi connectivity index (χ1n) is 9.23. The molecule has 10 heteroatoms. The Kier molecular flexibility index (Phi) is 25.2. The molecular formula is C17H38O10. The summed E-state index contributed by atoms with van der Waals surface area (Å²) >= 11 is 0. The number of unbranched alkanes of at least 4 members (excludes halogenated alkanes) is 1. The van der Waals surface area contributed by atoms with Crippen LogP contribution in [0, 0.1) is 0 Å². The summed E-state index contributed by atoms with van der Waals surface area (Å²) in [7, 11) is 0. The zero-order chi connectivity index (χ0) is 20.8. The highest BCUT2D eigenvalue weighted by atomic mass is 16.6. The van der Waals surface area contributed by atoms with Gasteiger partial charge in [-0.3, -0.25) is 0 Å². The van der Waals surface area contributed by atoms with Gasteiger partial charge in [0.1, 0.15) is 18.3 Å². The van der Waals surface area contributed by atoms with Gasteiger partial charge in [-0.1, -0.05) is 13.3 Å². The number of hydrogen-bond acceptors (Lipinski definition) is 10. The molecule has 27 heavy (non-hydrogen) atoms. The van der Waals surface area contributed by atoms with Gasteiger partial charge in [-0.2, -0.15) is 0 Å². The third-order valence-corrected chi connectivity index (χ3v) is 3.19. The van der Waals surface area contributed by atoms with E-state index in [1.165, 1.54) is 0 Å². The molecule has 0 aliphatic rings. The van der Waals surface area contributed by atoms with Crippen LogP contribution in [0.1, 0.15) is 19.8 Å². The fraction of sp³-hybridized carbons (Fsp3) is 1.00. The van der Waals surface area contributed by atoms with Gasteiger partial charge in [0.05, 0.1) is 66.1 Å². The minimum atomic E-state index is -1.11. The zero-order valence-corrected chi connectivity index (χ0v) is 16.2. The van der Waals surface area contributed by atoms with Crippen LogP contribution >= 0.6 is 0 Å². The van der Waals surface area contributed by atoms with Crippen molar-refractivity contribution < 1.29 is 49.6 Å². The van der Waals surface area contributed by atoms with Gasteiger partial charge in [-0.25, -0.2) is 0 Å². The molecule has 10 nitrogen and oxygen atoms in total. The number of rotatable bonds is 18. The van der Waals surface area contributed by atoms with E-state index in [4.69, 9.17) is 34.6 Å². The first kappa shape index (κ1) is 28.8. The van der Waals surface area contributed by atoms with E-state index in [0.717, 1.165) is 12.8 Å². The summed E-state index contributed by atoms with van der Waals surface area (Å²) in [5.74, 6) is 0. The van der Waals surface area contributed by atoms with E-state index in [1.807, 2.05) is 6.92 Å². The van der Waals surface area contributed by atoms with E-state index < -0.39 is 24.9 Å². The van der Waals surface area contributed by atoms with Crippen molar-refractivity contribution in [2.45, 2.75) is 38.1 Å². The highest BCUT2D eigenvalue weighted by molar-refractivity contribution is 4.78. The Labute approximate surface area is 161 Å². The minimum Gasteiger partial charge on any atom is -0.394 e. The molecule has 0 saturated carbocycles. The van der Waals surface area contributed by atoms with Crippen molar-refractivity contribution in [3.63, 3.8) is 0 Å². The molecule has 0 aliphatic heterocycles. The third kappa shape index (κ3) is 18.7. The maximum atomic E-state index is 9.73. The van der Waals surface area contributed by atoms with Crippen molar-refractivity contribution in [1.82, 2.24) is 0 Å². The van der Waals surface area contributed by atoms with Gasteiger partial charge in [-0.15, -0.1) is 0 Å². The molecule has 0 saturated heterocycles. The molecule has 0 amide bonds. The lowest BCUT2D eigenvalue weighted by Crippen LogP contribution is -2.45. The lowest BCUT2D eigenvalue weighted by atomic mass is 10.1. The van der Waals surface area contributed by atoms with Crippen LogP contribution in [0.25, 0.3) is 0 Å². The number of hydrogen-bond donors (Lipinski definition) is 6. The average Bonchev–Trinajstić information content (AvgIpc) is 2.69. The molecule has 0 bridgehead atoms. The van der Waals surface area contributed by atoms with Crippen molar-refractivity contribution in [2.75, 3.05) is 72.7 Å². The van der Waals surface area contributed by atoms with Crippen molar-refractivity contribution in [3.8, 4) is 0 Å². The number of aliphatic hydroxyl groups is 6. The Morgan fingerprint density at radius 3 is 1.67 bits per heavy atom. The lowest BCUT2D eigenvalue weighted by molar-refractivity contribution is -0.148. The van der Waals surface area contributed by atoms with Gasteiger partial charge in [0, 0.05) is 6.61 Å². The molecule has 3 unspecified atom stereocenters. The van der Waals surface area contributed by atoms with E-state index in [2.05, 4.69) is 4.74 Å². The van der Waals surface area contributed by atoms with Crippen LogP contribution in [-0.4, -0.2) is 122 Å². The Hall–Kier alpha value is -0.400. The summed E-state index contributed by atoms with van der Waals surface area (Å²) in [5, 5.41) is 52.8. The molecule has 0 aromatic rings. The van der Waals surface area contributed by atoms with E-state index in [0.29, 0.717) is 19.8 Å². The molecule has 0 radical (unpaired) electrons. The quantitative estimate of drug-likeness (QED) is 0.140. The van der Waals surface area contributed by atoms with Gasteiger partial charge in [-0.05, 0) is 6.42 Å². The summed E-state index contributed by atoms with van der Waals surface area (Å²) < 4.78 is 20.6. The van der Waals surface area contributed by atoms with Crippen LogP contribution in [0.5, 0.6) is 0 Å². The Morgan fingerprint density at radius 1 is 0.667 bits per heavy atom. The van der Waals surface area contributed by atoms with Crippen LogP contribution in [-0.2, 0) is 18.9 Å². The lowest BCUT2D eigenvalue weighted by Gasteiger charge is -2.29. The molecule has 166 valence electrons. The van der Waals surface area contributed by atoms with Crippen molar-refractivity contribution >= 4 is 0 Å². The highest BCUT2D eigenvalue weighted by Crippen LogP contribution is 2.10. The second kappa shape index (κ2) is 23.6. The Morgan fingerprint density at radius 2 is 1.22 bits per heavy atom. The van der Waals surface area contributed by atoms with Crippen LogP contribution < -0.4 is 0 Å². The minimum absolute atomic E-state index is 0.0278. The Bertz CT molecular complexity index is 266. The predicted octanol–water partition coefficient (Wildman–Crippen LogP) is -2.10. The summed E-state index contributed by atoms with van der Waals surface area (Å²) in [6, 6.07) is 0. The van der Waals surface area contributed by atoms with Gasteiger partial charge in [0.2, 0.25) is 0 Å². The van der Waals surface area contributed by atoms with E-state index in [-0.39, 0.29) is 46.2 Å². The molecule has 0 spiro atoms. The topological polar surface area (TPSA) is 158 Å². The largest absolute Gasteiger partial charge is 0.394 e. The van der Waals surface area contributed by atoms with Gasteiger partial charge in [0.15, 0.2) is 0 Å². The second-order valence-electron chi connectivity index (χ2n) is 5.43. The molecule has 0 aromatic carbocycles. The molecule has 3 atom stereocenters. The van der Waals surface area contributed by atoms with E-state index in [1.54, 1.807) is 0 Å². The molecule has 0 heterocycles. The normalized spacial score (nSPS) is 14.3. The molecular weight excluding hydrogens is 364 g/mol.